The quantitative estimate of drug-likeness (QED) is 0.574. The van der Waals surface area contributed by atoms with Crippen LogP contribution in [0.5, 0.6) is 0 Å². The van der Waals surface area contributed by atoms with E-state index in [0.29, 0.717) is 18.5 Å². The van der Waals surface area contributed by atoms with Crippen LogP contribution in [0, 0.1) is 16.0 Å². The van der Waals surface area contributed by atoms with E-state index in [1.54, 1.807) is 0 Å². The third kappa shape index (κ3) is 3.93. The van der Waals surface area contributed by atoms with Crippen LogP contribution in [-0.2, 0) is 6.54 Å². The second-order valence-electron chi connectivity index (χ2n) is 4.19. The van der Waals surface area contributed by atoms with E-state index >= 15 is 0 Å². The summed E-state index contributed by atoms with van der Waals surface area (Å²) < 4.78 is 1.50. The number of aromatic nitrogens is 3. The van der Waals surface area contributed by atoms with Gasteiger partial charge < -0.3 is 15.4 Å². The summed E-state index contributed by atoms with van der Waals surface area (Å²) in [6.45, 7) is 7.69. The molecule has 7 heteroatoms. The second kappa shape index (κ2) is 5.55. The molecule has 1 heterocycles. The predicted molar refractivity (Wildman–Crippen MR) is 59.0 cm³/mol. The molecule has 1 aromatic rings. The maximum Gasteiger partial charge on any atom is 0.490 e. The lowest BCUT2D eigenvalue weighted by molar-refractivity contribution is -0.394. The lowest BCUT2D eigenvalue weighted by Gasteiger charge is -2.13. The van der Waals surface area contributed by atoms with Crippen LogP contribution in [0.15, 0.2) is 6.33 Å². The molecule has 0 aromatic carbocycles. The highest BCUT2D eigenvalue weighted by Gasteiger charge is 2.14. The fourth-order valence-electron chi connectivity index (χ4n) is 1.28. The van der Waals surface area contributed by atoms with Crippen LogP contribution in [0.25, 0.3) is 0 Å². The van der Waals surface area contributed by atoms with E-state index in [4.69, 9.17) is 0 Å². The predicted octanol–water partition coefficient (Wildman–Crippen LogP) is 0.820. The van der Waals surface area contributed by atoms with Crippen molar-refractivity contribution in [2.24, 2.45) is 5.92 Å². The highest BCUT2D eigenvalue weighted by Crippen LogP contribution is 2.03. The molecule has 0 bridgehead atoms. The summed E-state index contributed by atoms with van der Waals surface area (Å²) in [7, 11) is 0. The maximum absolute atomic E-state index is 10.4. The van der Waals surface area contributed by atoms with Crippen molar-refractivity contribution in [1.82, 2.24) is 20.1 Å². The maximum atomic E-state index is 10.4. The number of hydrogen-bond acceptors (Lipinski definition) is 5. The molecule has 0 spiro atoms. The zero-order chi connectivity index (χ0) is 12.1. The molecule has 90 valence electrons. The molecule has 1 atom stereocenters. The Morgan fingerprint density at radius 1 is 1.56 bits per heavy atom. The van der Waals surface area contributed by atoms with E-state index in [-0.39, 0.29) is 5.95 Å². The van der Waals surface area contributed by atoms with Crippen LogP contribution < -0.4 is 5.32 Å². The molecule has 0 aliphatic heterocycles. The Labute approximate surface area is 94.0 Å². The summed E-state index contributed by atoms with van der Waals surface area (Å²) in [5.41, 5.74) is 0. The van der Waals surface area contributed by atoms with Crippen molar-refractivity contribution in [2.75, 3.05) is 6.54 Å². The van der Waals surface area contributed by atoms with Crippen LogP contribution in [-0.4, -0.2) is 32.3 Å². The first-order valence-electron chi connectivity index (χ1n) is 5.26. The first-order chi connectivity index (χ1) is 7.49. The molecule has 1 unspecified atom stereocenters. The van der Waals surface area contributed by atoms with Gasteiger partial charge in [0.2, 0.25) is 6.33 Å². The average Bonchev–Trinajstić information content (AvgIpc) is 2.63. The van der Waals surface area contributed by atoms with Gasteiger partial charge >= 0.3 is 5.95 Å². The fraction of sp³-hybridized carbons (Fsp3) is 0.778. The lowest BCUT2D eigenvalue weighted by Crippen LogP contribution is -2.29. The zero-order valence-corrected chi connectivity index (χ0v) is 9.75. The average molecular weight is 227 g/mol. The van der Waals surface area contributed by atoms with Gasteiger partial charge in [-0.05, 0) is 17.4 Å². The number of hydrogen-bond donors (Lipinski definition) is 1. The highest BCUT2D eigenvalue weighted by atomic mass is 16.6. The van der Waals surface area contributed by atoms with Gasteiger partial charge in [-0.25, -0.2) is 0 Å². The SMILES string of the molecule is CC(CNC(C)C)Cn1cnc([N+](=O)[O-])n1. The second-order valence-corrected chi connectivity index (χ2v) is 4.19. The van der Waals surface area contributed by atoms with Crippen LogP contribution >= 0.6 is 0 Å². The summed E-state index contributed by atoms with van der Waals surface area (Å²) in [5.74, 6) is 0.00715. The minimum absolute atomic E-state index is 0.344. The summed E-state index contributed by atoms with van der Waals surface area (Å²) in [6.07, 6.45) is 1.39. The van der Waals surface area contributed by atoms with Crippen molar-refractivity contribution in [2.45, 2.75) is 33.4 Å². The van der Waals surface area contributed by atoms with Gasteiger partial charge in [-0.2, -0.15) is 4.68 Å². The first-order valence-corrected chi connectivity index (χ1v) is 5.26. The molecule has 1 aromatic heterocycles. The van der Waals surface area contributed by atoms with Crippen molar-refractivity contribution >= 4 is 5.95 Å². The Hall–Kier alpha value is -1.50. The van der Waals surface area contributed by atoms with E-state index < -0.39 is 4.92 Å². The van der Waals surface area contributed by atoms with Gasteiger partial charge in [0.25, 0.3) is 0 Å². The third-order valence-electron chi connectivity index (χ3n) is 2.06. The lowest BCUT2D eigenvalue weighted by atomic mass is 10.2. The van der Waals surface area contributed by atoms with Gasteiger partial charge in [-0.1, -0.05) is 25.8 Å². The third-order valence-corrected chi connectivity index (χ3v) is 2.06. The standard InChI is InChI=1S/C9H17N5O2/c1-7(2)10-4-8(3)5-13-6-11-9(12-13)14(15)16/h6-8,10H,4-5H2,1-3H3. The smallest absolute Gasteiger partial charge is 0.390 e. The van der Waals surface area contributed by atoms with E-state index in [1.165, 1.54) is 11.0 Å². The Kier molecular flexibility index (Phi) is 4.36. The molecule has 1 N–H and O–H groups in total. The molecular weight excluding hydrogens is 210 g/mol. The van der Waals surface area contributed by atoms with Crippen molar-refractivity contribution in [1.29, 1.82) is 0 Å². The Morgan fingerprint density at radius 3 is 2.75 bits per heavy atom. The molecule has 0 aliphatic rings. The van der Waals surface area contributed by atoms with Gasteiger partial charge in [-0.3, -0.25) is 0 Å². The number of nitro groups is 1. The monoisotopic (exact) mass is 227 g/mol. The molecule has 0 radical (unpaired) electrons. The van der Waals surface area contributed by atoms with Gasteiger partial charge in [0.05, 0.1) is 6.54 Å². The first kappa shape index (κ1) is 12.6. The van der Waals surface area contributed by atoms with Gasteiger partial charge in [-0.15, -0.1) is 0 Å². The van der Waals surface area contributed by atoms with E-state index in [0.717, 1.165) is 6.54 Å². The molecule has 0 saturated carbocycles. The molecule has 0 saturated heterocycles. The number of nitrogens with one attached hydrogen (secondary N) is 1. The molecule has 16 heavy (non-hydrogen) atoms. The molecule has 7 nitrogen and oxygen atoms in total. The van der Waals surface area contributed by atoms with Crippen molar-refractivity contribution < 1.29 is 4.92 Å². The van der Waals surface area contributed by atoms with Crippen molar-refractivity contribution in [3.8, 4) is 0 Å². The van der Waals surface area contributed by atoms with Crippen LogP contribution in [0.2, 0.25) is 0 Å². The molecule has 0 aliphatic carbocycles. The molecule has 0 fully saturated rings. The van der Waals surface area contributed by atoms with Gasteiger partial charge in [0, 0.05) is 11.1 Å². The summed E-state index contributed by atoms with van der Waals surface area (Å²) in [5, 5.41) is 17.4. The van der Waals surface area contributed by atoms with Crippen molar-refractivity contribution in [3.63, 3.8) is 0 Å². The Balaban J connectivity index is 2.43. The number of nitrogens with zero attached hydrogens (tertiary/aromatic N) is 4. The minimum Gasteiger partial charge on any atom is -0.390 e. The largest absolute Gasteiger partial charge is 0.490 e. The summed E-state index contributed by atoms with van der Waals surface area (Å²) in [4.78, 5) is 13.4. The highest BCUT2D eigenvalue weighted by molar-refractivity contribution is 4.96. The molecular formula is C9H17N5O2. The van der Waals surface area contributed by atoms with Crippen LogP contribution in [0.4, 0.5) is 5.95 Å². The van der Waals surface area contributed by atoms with E-state index in [1.807, 2.05) is 0 Å². The Morgan fingerprint density at radius 2 is 2.25 bits per heavy atom. The fourth-order valence-corrected chi connectivity index (χ4v) is 1.28. The summed E-state index contributed by atoms with van der Waals surface area (Å²) in [6, 6.07) is 0.438. The minimum atomic E-state index is -0.590. The summed E-state index contributed by atoms with van der Waals surface area (Å²) >= 11 is 0. The van der Waals surface area contributed by atoms with Crippen LogP contribution in [0.1, 0.15) is 20.8 Å². The van der Waals surface area contributed by atoms with Gasteiger partial charge in [0.15, 0.2) is 0 Å². The molecule has 1 rings (SSSR count). The van der Waals surface area contributed by atoms with Crippen LogP contribution in [0.3, 0.4) is 0 Å². The van der Waals surface area contributed by atoms with E-state index in [9.17, 15) is 10.1 Å². The van der Waals surface area contributed by atoms with Crippen molar-refractivity contribution in [3.05, 3.63) is 16.4 Å². The normalized spacial score (nSPS) is 13.0. The Bertz CT molecular complexity index is 349. The topological polar surface area (TPSA) is 85.9 Å². The number of rotatable bonds is 6. The van der Waals surface area contributed by atoms with E-state index in [2.05, 4.69) is 36.2 Å². The molecule has 0 amide bonds. The van der Waals surface area contributed by atoms with Gasteiger partial charge in [0.1, 0.15) is 0 Å². The zero-order valence-electron chi connectivity index (χ0n) is 9.75.